The Morgan fingerprint density at radius 3 is 2.67 bits per heavy atom. The summed E-state index contributed by atoms with van der Waals surface area (Å²) in [6, 6.07) is 17.0. The summed E-state index contributed by atoms with van der Waals surface area (Å²) in [6.45, 7) is 0. The van der Waals surface area contributed by atoms with Crippen molar-refractivity contribution in [3.63, 3.8) is 0 Å². The summed E-state index contributed by atoms with van der Waals surface area (Å²) in [5, 5.41) is 11.9. The van der Waals surface area contributed by atoms with E-state index in [-0.39, 0.29) is 5.75 Å². The van der Waals surface area contributed by atoms with E-state index in [9.17, 15) is 5.11 Å². The van der Waals surface area contributed by atoms with Crippen LogP contribution in [0.3, 0.4) is 0 Å². The Bertz CT molecular complexity index is 802. The van der Waals surface area contributed by atoms with Crippen LogP contribution in [0.2, 0.25) is 0 Å². The molecule has 3 aromatic rings. The van der Waals surface area contributed by atoms with E-state index in [1.165, 1.54) is 11.8 Å². The van der Waals surface area contributed by atoms with Crippen LogP contribution in [0.5, 0.6) is 11.5 Å². The average Bonchev–Trinajstić information content (AvgIpc) is 2.50. The van der Waals surface area contributed by atoms with Crippen molar-refractivity contribution in [2.75, 3.05) is 12.8 Å². The van der Waals surface area contributed by atoms with Crippen LogP contribution < -0.4 is 10.5 Å². The molecule has 0 radical (unpaired) electrons. The summed E-state index contributed by atoms with van der Waals surface area (Å²) in [4.78, 5) is 1.80. The van der Waals surface area contributed by atoms with Gasteiger partial charge >= 0.3 is 0 Å². The Balaban J connectivity index is 2.14. The molecule has 0 aliphatic rings. The maximum absolute atomic E-state index is 9.69. The van der Waals surface area contributed by atoms with Crippen molar-refractivity contribution < 1.29 is 9.84 Å². The van der Waals surface area contributed by atoms with Crippen molar-refractivity contribution in [3.05, 3.63) is 54.6 Å². The maximum atomic E-state index is 9.69. The van der Waals surface area contributed by atoms with E-state index in [0.717, 1.165) is 20.6 Å². The van der Waals surface area contributed by atoms with Gasteiger partial charge in [-0.25, -0.2) is 0 Å². The van der Waals surface area contributed by atoms with Gasteiger partial charge < -0.3 is 15.6 Å². The number of methoxy groups -OCH3 is 1. The lowest BCUT2D eigenvalue weighted by Crippen LogP contribution is -1.91. The van der Waals surface area contributed by atoms with E-state index < -0.39 is 0 Å². The number of ether oxygens (including phenoxy) is 1. The highest BCUT2D eigenvalue weighted by molar-refractivity contribution is 7.99. The van der Waals surface area contributed by atoms with Gasteiger partial charge in [-0.15, -0.1) is 0 Å². The van der Waals surface area contributed by atoms with Crippen LogP contribution in [0.1, 0.15) is 0 Å². The summed E-state index contributed by atoms with van der Waals surface area (Å²) in [6.07, 6.45) is 0. The highest BCUT2D eigenvalue weighted by Crippen LogP contribution is 2.42. The molecule has 0 heterocycles. The molecule has 3 N–H and O–H groups in total. The number of phenolic OH excluding ortho intramolecular Hbond substituents is 1. The van der Waals surface area contributed by atoms with E-state index in [4.69, 9.17) is 10.5 Å². The molecule has 0 spiro atoms. The molecule has 0 bridgehead atoms. The lowest BCUT2D eigenvalue weighted by Gasteiger charge is -2.12. The van der Waals surface area contributed by atoms with Gasteiger partial charge in [0, 0.05) is 10.6 Å². The van der Waals surface area contributed by atoms with E-state index in [1.54, 1.807) is 25.3 Å². The average molecular weight is 297 g/mol. The monoisotopic (exact) mass is 297 g/mol. The minimum atomic E-state index is 0.206. The first-order valence-electron chi connectivity index (χ1n) is 6.51. The van der Waals surface area contributed by atoms with Crippen molar-refractivity contribution in [1.82, 2.24) is 0 Å². The third-order valence-corrected chi connectivity index (χ3v) is 4.47. The van der Waals surface area contributed by atoms with Crippen LogP contribution in [0.15, 0.2) is 64.4 Å². The van der Waals surface area contributed by atoms with Gasteiger partial charge in [0.15, 0.2) is 0 Å². The van der Waals surface area contributed by atoms with E-state index in [0.29, 0.717) is 11.4 Å². The Morgan fingerprint density at radius 1 is 1.05 bits per heavy atom. The first-order valence-corrected chi connectivity index (χ1v) is 7.33. The molecule has 106 valence electrons. The second-order valence-electron chi connectivity index (χ2n) is 4.64. The molecule has 3 aromatic carbocycles. The summed E-state index contributed by atoms with van der Waals surface area (Å²) in [5.74, 6) is 0.919. The van der Waals surface area contributed by atoms with E-state index in [1.807, 2.05) is 30.3 Å². The fourth-order valence-electron chi connectivity index (χ4n) is 2.23. The number of nitrogens with two attached hydrogens (primary N) is 1. The largest absolute Gasteiger partial charge is 0.508 e. The molecule has 0 unspecified atom stereocenters. The molecule has 0 aliphatic carbocycles. The molecule has 0 atom stereocenters. The zero-order valence-corrected chi connectivity index (χ0v) is 12.4. The number of rotatable bonds is 3. The molecule has 3 rings (SSSR count). The molecule has 0 fully saturated rings. The van der Waals surface area contributed by atoms with Gasteiger partial charge in [-0.2, -0.15) is 0 Å². The highest BCUT2D eigenvalue weighted by Gasteiger charge is 2.11. The van der Waals surface area contributed by atoms with Crippen LogP contribution in [0.25, 0.3) is 10.8 Å². The summed E-state index contributed by atoms with van der Waals surface area (Å²) in [5.41, 5.74) is 6.85. The van der Waals surface area contributed by atoms with Crippen molar-refractivity contribution in [2.24, 2.45) is 0 Å². The van der Waals surface area contributed by atoms with Gasteiger partial charge in [0.2, 0.25) is 0 Å². The third kappa shape index (κ3) is 2.62. The predicted octanol–water partition coefficient (Wildman–Crippen LogP) is 4.29. The van der Waals surface area contributed by atoms with Crippen LogP contribution in [-0.2, 0) is 0 Å². The van der Waals surface area contributed by atoms with Gasteiger partial charge in [0.1, 0.15) is 11.5 Å². The Morgan fingerprint density at radius 2 is 1.86 bits per heavy atom. The smallest absolute Gasteiger partial charge is 0.133 e. The minimum absolute atomic E-state index is 0.206. The van der Waals surface area contributed by atoms with Gasteiger partial charge in [0.05, 0.1) is 12.0 Å². The van der Waals surface area contributed by atoms with Gasteiger partial charge in [-0.05, 0) is 35.0 Å². The van der Waals surface area contributed by atoms with Gasteiger partial charge in [-0.1, -0.05) is 42.1 Å². The molecule has 0 amide bonds. The summed E-state index contributed by atoms with van der Waals surface area (Å²) < 4.78 is 5.35. The standard InChI is InChI=1S/C17H15NO2S/c1-20-15-9-7-12(19)10-16(15)21-17-13-5-3-2-4-11(13)6-8-14(17)18/h2-10,19H,18H2,1H3. The van der Waals surface area contributed by atoms with Crippen LogP contribution in [0.4, 0.5) is 5.69 Å². The number of anilines is 1. The normalized spacial score (nSPS) is 10.7. The number of fused-ring (bicyclic) bond motifs is 1. The minimum Gasteiger partial charge on any atom is -0.508 e. The fourth-order valence-corrected chi connectivity index (χ4v) is 3.36. The number of phenols is 1. The Kier molecular flexibility index (Phi) is 3.62. The topological polar surface area (TPSA) is 55.5 Å². The van der Waals surface area contributed by atoms with E-state index in [2.05, 4.69) is 6.07 Å². The zero-order chi connectivity index (χ0) is 14.8. The third-order valence-electron chi connectivity index (χ3n) is 3.27. The van der Waals surface area contributed by atoms with Crippen molar-refractivity contribution >= 4 is 28.2 Å². The molecular weight excluding hydrogens is 282 g/mol. The van der Waals surface area contributed by atoms with Crippen LogP contribution in [0, 0.1) is 0 Å². The molecule has 0 aromatic heterocycles. The summed E-state index contributed by atoms with van der Waals surface area (Å²) in [7, 11) is 1.61. The second-order valence-corrected chi connectivity index (χ2v) is 5.69. The molecular formula is C17H15NO2S. The Hall–Kier alpha value is -2.33. The molecule has 4 heteroatoms. The van der Waals surface area contributed by atoms with Gasteiger partial charge in [-0.3, -0.25) is 0 Å². The van der Waals surface area contributed by atoms with Gasteiger partial charge in [0.25, 0.3) is 0 Å². The van der Waals surface area contributed by atoms with Crippen molar-refractivity contribution in [3.8, 4) is 11.5 Å². The molecule has 3 nitrogen and oxygen atoms in total. The molecule has 21 heavy (non-hydrogen) atoms. The summed E-state index contributed by atoms with van der Waals surface area (Å²) >= 11 is 1.50. The number of aromatic hydroxyl groups is 1. The molecule has 0 aliphatic heterocycles. The molecule has 0 saturated heterocycles. The quantitative estimate of drug-likeness (QED) is 0.708. The number of hydrogen-bond acceptors (Lipinski definition) is 4. The molecule has 0 saturated carbocycles. The Labute approximate surface area is 127 Å². The first kappa shape index (κ1) is 13.6. The lowest BCUT2D eigenvalue weighted by molar-refractivity contribution is 0.401. The number of hydrogen-bond donors (Lipinski definition) is 2. The van der Waals surface area contributed by atoms with Crippen LogP contribution in [-0.4, -0.2) is 12.2 Å². The van der Waals surface area contributed by atoms with Crippen molar-refractivity contribution in [1.29, 1.82) is 0 Å². The zero-order valence-electron chi connectivity index (χ0n) is 11.5. The predicted molar refractivity (Wildman–Crippen MR) is 87.1 cm³/mol. The fraction of sp³-hybridized carbons (Fsp3) is 0.0588. The lowest BCUT2D eigenvalue weighted by atomic mass is 10.1. The first-order chi connectivity index (χ1) is 10.2. The number of benzene rings is 3. The second kappa shape index (κ2) is 5.58. The van der Waals surface area contributed by atoms with E-state index >= 15 is 0 Å². The van der Waals surface area contributed by atoms with Crippen LogP contribution >= 0.6 is 11.8 Å². The number of nitrogen functional groups attached to an aromatic ring is 1. The highest BCUT2D eigenvalue weighted by atomic mass is 32.2. The maximum Gasteiger partial charge on any atom is 0.133 e. The SMILES string of the molecule is COc1ccc(O)cc1Sc1c(N)ccc2ccccc12. The van der Waals surface area contributed by atoms with Crippen molar-refractivity contribution in [2.45, 2.75) is 9.79 Å².